The van der Waals surface area contributed by atoms with Gasteiger partial charge in [-0.1, -0.05) is 6.92 Å². The highest BCUT2D eigenvalue weighted by molar-refractivity contribution is 5.89. The van der Waals surface area contributed by atoms with Crippen LogP contribution in [0.2, 0.25) is 0 Å². The molecule has 0 bridgehead atoms. The lowest BCUT2D eigenvalue weighted by Crippen LogP contribution is -2.28. The van der Waals surface area contributed by atoms with Crippen LogP contribution in [0.25, 0.3) is 5.69 Å². The Bertz CT molecular complexity index is 700. The molecule has 0 aliphatic rings. The Morgan fingerprint density at radius 1 is 1.50 bits per heavy atom. The highest BCUT2D eigenvalue weighted by atomic mass is 16.7. The Labute approximate surface area is 128 Å². The Balaban J connectivity index is 2.12. The van der Waals surface area contributed by atoms with E-state index in [-0.39, 0.29) is 11.9 Å². The number of anilines is 1. The van der Waals surface area contributed by atoms with Crippen molar-refractivity contribution in [3.63, 3.8) is 0 Å². The summed E-state index contributed by atoms with van der Waals surface area (Å²) in [5.74, 6) is -0.200. The molecule has 0 aliphatic heterocycles. The van der Waals surface area contributed by atoms with Crippen LogP contribution in [0.15, 0.2) is 30.5 Å². The first-order valence-electron chi connectivity index (χ1n) is 6.87. The van der Waals surface area contributed by atoms with E-state index in [4.69, 9.17) is 15.8 Å². The second-order valence-corrected chi connectivity index (χ2v) is 4.83. The number of carbonyl (C=O) groups is 1. The number of nitrogens with one attached hydrogen (secondary N) is 1. The molecule has 1 aromatic heterocycles. The Kier molecular flexibility index (Phi) is 4.76. The Hall–Kier alpha value is -2.85. The minimum Gasteiger partial charge on any atom is -0.382 e. The summed E-state index contributed by atoms with van der Waals surface area (Å²) in [5.41, 5.74) is 9.86. The van der Waals surface area contributed by atoms with Gasteiger partial charge in [-0.25, -0.2) is 9.48 Å². The molecule has 22 heavy (non-hydrogen) atoms. The molecule has 1 unspecified atom stereocenters. The average molecular weight is 299 g/mol. The number of nitrogen functional groups attached to an aromatic ring is 1. The van der Waals surface area contributed by atoms with Gasteiger partial charge in [-0.05, 0) is 37.6 Å². The number of hydrogen-bond donors (Lipinski definition) is 2. The molecule has 114 valence electrons. The van der Waals surface area contributed by atoms with Crippen LogP contribution in [0, 0.1) is 11.3 Å². The molecule has 7 nitrogen and oxygen atoms in total. The molecule has 1 heterocycles. The normalized spacial score (nSPS) is 11.7. The maximum atomic E-state index is 11.9. The molecule has 0 radical (unpaired) electrons. The molecule has 1 atom stereocenters. The summed E-state index contributed by atoms with van der Waals surface area (Å²) in [5, 5.41) is 12.9. The first kappa shape index (κ1) is 15.5. The van der Waals surface area contributed by atoms with Gasteiger partial charge in [0.15, 0.2) is 0 Å². The molecular weight excluding hydrogens is 282 g/mol. The average Bonchev–Trinajstić information content (AvgIpc) is 2.93. The van der Waals surface area contributed by atoms with E-state index in [2.05, 4.69) is 10.6 Å². The highest BCUT2D eigenvalue weighted by Crippen LogP contribution is 2.17. The van der Waals surface area contributed by atoms with Crippen LogP contribution in [-0.4, -0.2) is 21.8 Å². The van der Waals surface area contributed by atoms with Crippen molar-refractivity contribution in [2.75, 3.05) is 5.73 Å². The lowest BCUT2D eigenvalue weighted by Gasteiger charge is -2.11. The first-order chi connectivity index (χ1) is 10.6. The molecule has 2 aromatic rings. The topological polar surface area (TPSA) is 106 Å². The van der Waals surface area contributed by atoms with Gasteiger partial charge < -0.3 is 10.6 Å². The lowest BCUT2D eigenvalue weighted by atomic mass is 10.2. The second-order valence-electron chi connectivity index (χ2n) is 4.83. The minimum atomic E-state index is -0.460. The zero-order valence-electron chi connectivity index (χ0n) is 12.4. The smallest absolute Gasteiger partial charge is 0.356 e. The number of carbonyl (C=O) groups excluding carboxylic acids is 1. The van der Waals surface area contributed by atoms with Crippen molar-refractivity contribution < 1.29 is 9.63 Å². The van der Waals surface area contributed by atoms with Gasteiger partial charge in [-0.2, -0.15) is 15.8 Å². The number of rotatable bonds is 5. The molecule has 0 amide bonds. The van der Waals surface area contributed by atoms with Gasteiger partial charge in [0.2, 0.25) is 0 Å². The van der Waals surface area contributed by atoms with Crippen LogP contribution in [-0.2, 0) is 4.84 Å². The predicted octanol–water partition coefficient (Wildman–Crippen LogP) is 1.79. The maximum absolute atomic E-state index is 11.9. The van der Waals surface area contributed by atoms with Gasteiger partial charge in [-0.3, -0.25) is 0 Å². The van der Waals surface area contributed by atoms with Crippen molar-refractivity contribution in [3.05, 3.63) is 41.6 Å². The third-order valence-corrected chi connectivity index (χ3v) is 3.24. The third kappa shape index (κ3) is 3.24. The number of nitrogens with zero attached hydrogens (tertiary/aromatic N) is 3. The predicted molar refractivity (Wildman–Crippen MR) is 81.0 cm³/mol. The number of nitrogens with two attached hydrogens (primary N) is 1. The summed E-state index contributed by atoms with van der Waals surface area (Å²) >= 11 is 0. The van der Waals surface area contributed by atoms with Crippen LogP contribution in [0.3, 0.4) is 0 Å². The third-order valence-electron chi connectivity index (χ3n) is 3.24. The van der Waals surface area contributed by atoms with Gasteiger partial charge >= 0.3 is 5.97 Å². The fourth-order valence-electron chi connectivity index (χ4n) is 1.68. The largest absolute Gasteiger partial charge is 0.382 e. The Morgan fingerprint density at radius 3 is 2.73 bits per heavy atom. The van der Waals surface area contributed by atoms with Crippen LogP contribution < -0.4 is 11.2 Å². The molecule has 0 spiro atoms. The molecule has 0 saturated carbocycles. The summed E-state index contributed by atoms with van der Waals surface area (Å²) in [7, 11) is 0. The van der Waals surface area contributed by atoms with Crippen molar-refractivity contribution in [3.8, 4) is 11.8 Å². The molecule has 2 rings (SSSR count). The molecular formula is C15H17N5O2. The number of nitriles is 1. The zero-order valence-corrected chi connectivity index (χ0v) is 12.4. The first-order valence-corrected chi connectivity index (χ1v) is 6.87. The molecule has 0 fully saturated rings. The number of aromatic nitrogens is 2. The fourth-order valence-corrected chi connectivity index (χ4v) is 1.68. The van der Waals surface area contributed by atoms with E-state index in [1.54, 1.807) is 24.3 Å². The highest BCUT2D eigenvalue weighted by Gasteiger charge is 2.11. The van der Waals surface area contributed by atoms with Crippen molar-refractivity contribution in [2.45, 2.75) is 26.3 Å². The van der Waals surface area contributed by atoms with E-state index in [0.717, 1.165) is 6.42 Å². The second kappa shape index (κ2) is 6.74. The quantitative estimate of drug-likeness (QED) is 0.815. The van der Waals surface area contributed by atoms with Crippen molar-refractivity contribution in [1.82, 2.24) is 15.3 Å². The summed E-state index contributed by atoms with van der Waals surface area (Å²) < 4.78 is 1.44. The number of hydroxylamine groups is 1. The summed E-state index contributed by atoms with van der Waals surface area (Å²) in [6.45, 7) is 3.91. The Morgan fingerprint density at radius 2 is 2.18 bits per heavy atom. The van der Waals surface area contributed by atoms with Crippen molar-refractivity contribution in [1.29, 1.82) is 5.26 Å². The number of hydrogen-bond acceptors (Lipinski definition) is 6. The zero-order chi connectivity index (χ0) is 16.1. The SMILES string of the molecule is CCC(C)NOC(=O)c1ccc(-n2ncc(C#N)c2N)cc1. The van der Waals surface area contributed by atoms with Gasteiger partial charge in [0.05, 0.1) is 17.4 Å². The molecule has 1 aromatic carbocycles. The maximum Gasteiger partial charge on any atom is 0.356 e. The van der Waals surface area contributed by atoms with E-state index in [9.17, 15) is 4.79 Å². The van der Waals surface area contributed by atoms with E-state index in [1.165, 1.54) is 10.9 Å². The number of benzene rings is 1. The van der Waals surface area contributed by atoms with Gasteiger partial charge in [0.1, 0.15) is 17.5 Å². The van der Waals surface area contributed by atoms with Crippen LogP contribution >= 0.6 is 0 Å². The van der Waals surface area contributed by atoms with Gasteiger partial charge in [-0.15, -0.1) is 0 Å². The van der Waals surface area contributed by atoms with Crippen molar-refractivity contribution in [2.24, 2.45) is 0 Å². The molecule has 0 saturated heterocycles. The molecule has 0 aliphatic carbocycles. The fraction of sp³-hybridized carbons (Fsp3) is 0.267. The van der Waals surface area contributed by atoms with E-state index >= 15 is 0 Å². The molecule has 3 N–H and O–H groups in total. The monoisotopic (exact) mass is 299 g/mol. The lowest BCUT2D eigenvalue weighted by molar-refractivity contribution is 0.0168. The molecule has 7 heteroatoms. The van der Waals surface area contributed by atoms with Gasteiger partial charge in [0.25, 0.3) is 0 Å². The van der Waals surface area contributed by atoms with Crippen LogP contribution in [0.5, 0.6) is 0 Å². The standard InChI is InChI=1S/C15H17N5O2/c1-3-10(2)19-22-15(21)11-4-6-13(7-5-11)20-14(17)12(8-16)9-18-20/h4-7,9-10,19H,3,17H2,1-2H3. The van der Waals surface area contributed by atoms with E-state index < -0.39 is 5.97 Å². The van der Waals surface area contributed by atoms with Crippen LogP contribution in [0.4, 0.5) is 5.82 Å². The summed E-state index contributed by atoms with van der Waals surface area (Å²) in [4.78, 5) is 16.8. The van der Waals surface area contributed by atoms with Crippen LogP contribution in [0.1, 0.15) is 36.2 Å². The minimum absolute atomic E-state index is 0.0940. The summed E-state index contributed by atoms with van der Waals surface area (Å²) in [6.07, 6.45) is 2.25. The van der Waals surface area contributed by atoms with E-state index in [1.807, 2.05) is 19.9 Å². The summed E-state index contributed by atoms with van der Waals surface area (Å²) in [6, 6.07) is 8.65. The van der Waals surface area contributed by atoms with E-state index in [0.29, 0.717) is 16.8 Å². The van der Waals surface area contributed by atoms with Gasteiger partial charge in [0, 0.05) is 6.04 Å². The van der Waals surface area contributed by atoms with Crippen molar-refractivity contribution >= 4 is 11.8 Å².